The van der Waals surface area contributed by atoms with Gasteiger partial charge in [-0.3, -0.25) is 4.79 Å². The van der Waals surface area contributed by atoms with Gasteiger partial charge in [-0.1, -0.05) is 77.3 Å². The van der Waals surface area contributed by atoms with Crippen LogP contribution in [0.15, 0.2) is 78.9 Å². The van der Waals surface area contributed by atoms with Crippen LogP contribution in [0.2, 0.25) is 15.1 Å². The lowest BCUT2D eigenvalue weighted by molar-refractivity contribution is 0.0671. The van der Waals surface area contributed by atoms with Gasteiger partial charge >= 0.3 is 6.03 Å². The van der Waals surface area contributed by atoms with Crippen LogP contribution in [-0.4, -0.2) is 52.5 Å². The molecule has 3 amide bonds. The molecule has 0 radical (unpaired) electrons. The zero-order valence-electron chi connectivity index (χ0n) is 20.6. The lowest BCUT2D eigenvalue weighted by Gasteiger charge is -2.34. The van der Waals surface area contributed by atoms with Gasteiger partial charge in [0.05, 0.1) is 32.7 Å². The molecule has 0 atom stereocenters. The first-order valence-electron chi connectivity index (χ1n) is 12.2. The van der Waals surface area contributed by atoms with Crippen molar-refractivity contribution < 1.29 is 9.59 Å². The van der Waals surface area contributed by atoms with E-state index in [-0.39, 0.29) is 11.9 Å². The number of piperazine rings is 1. The molecular weight excluding hydrogens is 543 g/mol. The summed E-state index contributed by atoms with van der Waals surface area (Å²) in [7, 11) is 0. The Hall–Kier alpha value is -3.45. The number of nitrogens with one attached hydrogen (secondary N) is 1. The number of hydrogen-bond acceptors (Lipinski definition) is 2. The van der Waals surface area contributed by atoms with Crippen LogP contribution in [0.3, 0.4) is 0 Å². The molecule has 0 aliphatic carbocycles. The van der Waals surface area contributed by atoms with Crippen LogP contribution in [0.5, 0.6) is 0 Å². The van der Waals surface area contributed by atoms with E-state index in [9.17, 15) is 9.59 Å². The van der Waals surface area contributed by atoms with E-state index >= 15 is 0 Å². The predicted molar refractivity (Wildman–Crippen MR) is 154 cm³/mol. The van der Waals surface area contributed by atoms with E-state index in [1.807, 2.05) is 72.2 Å². The van der Waals surface area contributed by atoms with Gasteiger partial charge in [-0.2, -0.15) is 0 Å². The molecule has 0 bridgehead atoms. The van der Waals surface area contributed by atoms with Crippen LogP contribution in [0.1, 0.15) is 16.1 Å². The maximum absolute atomic E-state index is 13.7. The highest BCUT2D eigenvalue weighted by atomic mass is 35.5. The van der Waals surface area contributed by atoms with Crippen molar-refractivity contribution in [1.82, 2.24) is 14.4 Å². The average molecular weight is 568 g/mol. The molecule has 3 aromatic carbocycles. The SMILES string of the molecule is Cc1c(C(=O)N2CCN(C(=O)Nc3ccc(Cl)cc3Cl)CC2)cc(-c2ccccc2)n1-c1ccccc1Cl. The topological polar surface area (TPSA) is 57.6 Å². The average Bonchev–Trinajstić information content (AvgIpc) is 3.27. The van der Waals surface area contributed by atoms with Crippen molar-refractivity contribution in [3.63, 3.8) is 0 Å². The van der Waals surface area contributed by atoms with Crippen molar-refractivity contribution >= 4 is 52.4 Å². The number of anilines is 1. The van der Waals surface area contributed by atoms with Crippen LogP contribution < -0.4 is 5.32 Å². The molecular formula is C29H25Cl3N4O2. The van der Waals surface area contributed by atoms with Crippen LogP contribution in [0.4, 0.5) is 10.5 Å². The molecule has 1 aliphatic heterocycles. The van der Waals surface area contributed by atoms with E-state index in [1.165, 1.54) is 0 Å². The van der Waals surface area contributed by atoms with E-state index in [4.69, 9.17) is 34.8 Å². The standard InChI is InChI=1S/C29H25Cl3N4O2/c1-19-22(18-27(20-7-3-2-4-8-20)36(19)26-10-6-5-9-23(26)31)28(37)34-13-15-35(16-14-34)29(38)33-25-12-11-21(30)17-24(25)32/h2-12,17-18H,13-16H2,1H3,(H,33,38). The third kappa shape index (κ3) is 5.25. The Balaban J connectivity index is 1.36. The molecule has 1 saturated heterocycles. The van der Waals surface area contributed by atoms with Gasteiger partial charge in [-0.25, -0.2) is 4.79 Å². The highest BCUT2D eigenvalue weighted by Gasteiger charge is 2.28. The van der Waals surface area contributed by atoms with E-state index in [0.717, 1.165) is 22.6 Å². The number of aromatic nitrogens is 1. The summed E-state index contributed by atoms with van der Waals surface area (Å²) in [5.74, 6) is -0.0775. The molecule has 0 unspecified atom stereocenters. The number of benzene rings is 3. The Morgan fingerprint density at radius 1 is 0.763 bits per heavy atom. The van der Waals surface area contributed by atoms with Gasteiger partial charge in [0.25, 0.3) is 5.91 Å². The molecule has 38 heavy (non-hydrogen) atoms. The summed E-state index contributed by atoms with van der Waals surface area (Å²) in [5, 5.41) is 4.28. The number of urea groups is 1. The first-order chi connectivity index (χ1) is 18.3. The van der Waals surface area contributed by atoms with Gasteiger partial charge in [0.15, 0.2) is 0 Å². The van der Waals surface area contributed by atoms with E-state index in [2.05, 4.69) is 5.32 Å². The molecule has 6 nitrogen and oxygen atoms in total. The van der Waals surface area contributed by atoms with Crippen LogP contribution in [0, 0.1) is 6.92 Å². The monoisotopic (exact) mass is 566 g/mol. The van der Waals surface area contributed by atoms with Gasteiger partial charge in [-0.15, -0.1) is 0 Å². The maximum atomic E-state index is 13.7. The zero-order chi connectivity index (χ0) is 26.8. The molecule has 0 spiro atoms. The van der Waals surface area contributed by atoms with Gasteiger partial charge < -0.3 is 19.7 Å². The Bertz CT molecular complexity index is 1500. The summed E-state index contributed by atoms with van der Waals surface area (Å²) in [5.41, 5.74) is 4.58. The Morgan fingerprint density at radius 2 is 1.42 bits per heavy atom. The van der Waals surface area contributed by atoms with E-state index in [1.54, 1.807) is 28.0 Å². The second kappa shape index (κ2) is 11.1. The summed E-state index contributed by atoms with van der Waals surface area (Å²) in [6, 6.07) is 24.1. The minimum absolute atomic E-state index is 0.0775. The predicted octanol–water partition coefficient (Wildman–Crippen LogP) is 7.40. The van der Waals surface area contributed by atoms with Crippen LogP contribution >= 0.6 is 34.8 Å². The summed E-state index contributed by atoms with van der Waals surface area (Å²) in [6.45, 7) is 3.57. The quantitative estimate of drug-likeness (QED) is 0.279. The van der Waals surface area contributed by atoms with E-state index in [0.29, 0.717) is 52.5 Å². The van der Waals surface area contributed by atoms with Crippen molar-refractivity contribution in [1.29, 1.82) is 0 Å². The normalized spacial score (nSPS) is 13.5. The maximum Gasteiger partial charge on any atom is 0.322 e. The Morgan fingerprint density at radius 3 is 2.11 bits per heavy atom. The van der Waals surface area contributed by atoms with E-state index < -0.39 is 0 Å². The summed E-state index contributed by atoms with van der Waals surface area (Å²) >= 11 is 18.7. The fraction of sp³-hybridized carbons (Fsp3) is 0.172. The number of hydrogen-bond donors (Lipinski definition) is 1. The summed E-state index contributed by atoms with van der Waals surface area (Å²) in [6.07, 6.45) is 0. The van der Waals surface area contributed by atoms with Crippen molar-refractivity contribution in [2.45, 2.75) is 6.92 Å². The number of halogens is 3. The molecule has 0 saturated carbocycles. The highest BCUT2D eigenvalue weighted by molar-refractivity contribution is 6.36. The van der Waals surface area contributed by atoms with Gasteiger partial charge in [0.2, 0.25) is 0 Å². The Labute approximate surface area is 236 Å². The first-order valence-corrected chi connectivity index (χ1v) is 13.3. The van der Waals surface area contributed by atoms with Crippen LogP contribution in [-0.2, 0) is 0 Å². The largest absolute Gasteiger partial charge is 0.335 e. The lowest BCUT2D eigenvalue weighted by Crippen LogP contribution is -2.51. The molecule has 1 fully saturated rings. The summed E-state index contributed by atoms with van der Waals surface area (Å²) in [4.78, 5) is 30.0. The molecule has 5 rings (SSSR count). The van der Waals surface area contributed by atoms with Crippen molar-refractivity contribution in [2.24, 2.45) is 0 Å². The fourth-order valence-electron chi connectivity index (χ4n) is 4.66. The minimum Gasteiger partial charge on any atom is -0.335 e. The second-order valence-electron chi connectivity index (χ2n) is 9.02. The van der Waals surface area contributed by atoms with Crippen molar-refractivity contribution in [3.8, 4) is 16.9 Å². The third-order valence-corrected chi connectivity index (χ3v) is 7.53. The van der Waals surface area contributed by atoms with Crippen molar-refractivity contribution in [2.75, 3.05) is 31.5 Å². The number of rotatable bonds is 4. The third-order valence-electron chi connectivity index (χ3n) is 6.67. The number of carbonyl (C=O) groups excluding carboxylic acids is 2. The number of amides is 3. The van der Waals surface area contributed by atoms with Gasteiger partial charge in [0.1, 0.15) is 0 Å². The summed E-state index contributed by atoms with van der Waals surface area (Å²) < 4.78 is 2.03. The smallest absolute Gasteiger partial charge is 0.322 e. The molecule has 1 aromatic heterocycles. The van der Waals surface area contributed by atoms with Gasteiger partial charge in [-0.05, 0) is 48.9 Å². The first kappa shape index (κ1) is 26.2. The zero-order valence-corrected chi connectivity index (χ0v) is 22.9. The molecule has 2 heterocycles. The Kier molecular flexibility index (Phi) is 7.65. The molecule has 1 aliphatic rings. The van der Waals surface area contributed by atoms with Gasteiger partial charge in [0, 0.05) is 36.9 Å². The molecule has 9 heteroatoms. The fourth-order valence-corrected chi connectivity index (χ4v) is 5.33. The van der Waals surface area contributed by atoms with Crippen molar-refractivity contribution in [3.05, 3.63) is 105 Å². The highest BCUT2D eigenvalue weighted by Crippen LogP contribution is 2.33. The molecule has 4 aromatic rings. The molecule has 1 N–H and O–H groups in total. The minimum atomic E-state index is -0.270. The number of carbonyl (C=O) groups is 2. The second-order valence-corrected chi connectivity index (χ2v) is 10.3. The van der Waals surface area contributed by atoms with Crippen LogP contribution in [0.25, 0.3) is 16.9 Å². The number of nitrogens with zero attached hydrogens (tertiary/aromatic N) is 3. The molecule has 194 valence electrons. The number of para-hydroxylation sites is 1. The lowest BCUT2D eigenvalue weighted by atomic mass is 10.1.